The van der Waals surface area contributed by atoms with Gasteiger partial charge < -0.3 is 10.6 Å². The Labute approximate surface area is 116 Å². The number of hydrogen-bond donors (Lipinski definition) is 2. The standard InChI is InChI=1S/C11H19N5O2S/c1-4-12-10-9(16(17)18)11(14-7-13-10)15-8(3)6-19-5-2/h7-8H,4-6H2,1-3H3,(H2,12,13,14,15). The van der Waals surface area contributed by atoms with Crippen LogP contribution < -0.4 is 10.6 Å². The van der Waals surface area contributed by atoms with E-state index in [0.717, 1.165) is 11.5 Å². The number of rotatable bonds is 8. The summed E-state index contributed by atoms with van der Waals surface area (Å²) in [5.41, 5.74) is -0.0994. The number of aromatic nitrogens is 2. The molecule has 0 saturated heterocycles. The number of anilines is 2. The van der Waals surface area contributed by atoms with E-state index in [9.17, 15) is 10.1 Å². The summed E-state index contributed by atoms with van der Waals surface area (Å²) in [6, 6.07) is 0.105. The van der Waals surface area contributed by atoms with Gasteiger partial charge in [-0.3, -0.25) is 10.1 Å². The van der Waals surface area contributed by atoms with Gasteiger partial charge in [-0.05, 0) is 19.6 Å². The van der Waals surface area contributed by atoms with Crippen molar-refractivity contribution in [3.63, 3.8) is 0 Å². The minimum Gasteiger partial charge on any atom is -0.364 e. The van der Waals surface area contributed by atoms with Crippen molar-refractivity contribution in [3.8, 4) is 0 Å². The normalized spacial score (nSPS) is 11.9. The van der Waals surface area contributed by atoms with Crippen molar-refractivity contribution in [2.75, 3.05) is 28.7 Å². The first-order chi connectivity index (χ1) is 9.10. The van der Waals surface area contributed by atoms with Crippen molar-refractivity contribution < 1.29 is 4.92 Å². The van der Waals surface area contributed by atoms with Crippen LogP contribution in [0.5, 0.6) is 0 Å². The molecule has 0 aliphatic rings. The average Bonchev–Trinajstić information content (AvgIpc) is 2.36. The molecule has 8 heteroatoms. The van der Waals surface area contributed by atoms with Gasteiger partial charge in [-0.1, -0.05) is 6.92 Å². The number of nitrogens with zero attached hydrogens (tertiary/aromatic N) is 3. The molecule has 1 unspecified atom stereocenters. The fourth-order valence-electron chi connectivity index (χ4n) is 1.52. The molecule has 0 saturated carbocycles. The van der Waals surface area contributed by atoms with Crippen molar-refractivity contribution in [1.82, 2.24) is 9.97 Å². The van der Waals surface area contributed by atoms with Gasteiger partial charge in [0.05, 0.1) is 4.92 Å². The minimum absolute atomic E-state index is 0.0994. The Morgan fingerprint density at radius 3 is 2.68 bits per heavy atom. The zero-order chi connectivity index (χ0) is 14.3. The highest BCUT2D eigenvalue weighted by molar-refractivity contribution is 7.99. The lowest BCUT2D eigenvalue weighted by atomic mass is 10.3. The zero-order valence-corrected chi connectivity index (χ0v) is 12.2. The highest BCUT2D eigenvalue weighted by Crippen LogP contribution is 2.29. The van der Waals surface area contributed by atoms with Gasteiger partial charge in [-0.2, -0.15) is 11.8 Å². The van der Waals surface area contributed by atoms with E-state index < -0.39 is 4.92 Å². The van der Waals surface area contributed by atoms with Gasteiger partial charge in [-0.15, -0.1) is 0 Å². The zero-order valence-electron chi connectivity index (χ0n) is 11.3. The molecule has 0 spiro atoms. The van der Waals surface area contributed by atoms with Crippen molar-refractivity contribution in [2.45, 2.75) is 26.8 Å². The fourth-order valence-corrected chi connectivity index (χ4v) is 2.20. The molecule has 106 valence electrons. The summed E-state index contributed by atoms with van der Waals surface area (Å²) in [5, 5.41) is 17.1. The molecule has 0 fully saturated rings. The molecule has 0 radical (unpaired) electrons. The quantitative estimate of drug-likeness (QED) is 0.559. The molecule has 1 atom stereocenters. The smallest absolute Gasteiger partial charge is 0.353 e. The molecule has 0 aliphatic heterocycles. The van der Waals surface area contributed by atoms with Gasteiger partial charge in [0.1, 0.15) is 6.33 Å². The van der Waals surface area contributed by atoms with E-state index >= 15 is 0 Å². The number of nitro groups is 1. The summed E-state index contributed by atoms with van der Waals surface area (Å²) in [4.78, 5) is 18.6. The van der Waals surface area contributed by atoms with Crippen LogP contribution in [0.2, 0.25) is 0 Å². The van der Waals surface area contributed by atoms with Crippen molar-refractivity contribution in [1.29, 1.82) is 0 Å². The van der Waals surface area contributed by atoms with Crippen LogP contribution in [0.25, 0.3) is 0 Å². The molecule has 0 amide bonds. The van der Waals surface area contributed by atoms with Crippen LogP contribution in [0.15, 0.2) is 6.33 Å². The molecule has 7 nitrogen and oxygen atoms in total. The van der Waals surface area contributed by atoms with Crippen LogP contribution in [-0.2, 0) is 0 Å². The van der Waals surface area contributed by atoms with Gasteiger partial charge in [0.2, 0.25) is 11.6 Å². The summed E-state index contributed by atoms with van der Waals surface area (Å²) in [6.45, 7) is 6.48. The van der Waals surface area contributed by atoms with E-state index in [1.165, 1.54) is 6.33 Å². The number of nitrogens with one attached hydrogen (secondary N) is 2. The van der Waals surface area contributed by atoms with Gasteiger partial charge in [0.25, 0.3) is 0 Å². The van der Waals surface area contributed by atoms with E-state index in [2.05, 4.69) is 27.5 Å². The van der Waals surface area contributed by atoms with E-state index in [-0.39, 0.29) is 23.4 Å². The molecule has 2 N–H and O–H groups in total. The van der Waals surface area contributed by atoms with Crippen LogP contribution in [0.4, 0.5) is 17.3 Å². The molecular formula is C11H19N5O2S. The van der Waals surface area contributed by atoms with E-state index in [1.54, 1.807) is 11.8 Å². The van der Waals surface area contributed by atoms with E-state index in [0.29, 0.717) is 6.54 Å². The molecule has 19 heavy (non-hydrogen) atoms. The molecule has 1 aromatic rings. The third-order valence-corrected chi connectivity index (χ3v) is 3.45. The third-order valence-electron chi connectivity index (χ3n) is 2.30. The van der Waals surface area contributed by atoms with Gasteiger partial charge >= 0.3 is 5.69 Å². The second-order valence-corrected chi connectivity index (χ2v) is 5.23. The fraction of sp³-hybridized carbons (Fsp3) is 0.636. The van der Waals surface area contributed by atoms with Crippen LogP contribution in [0, 0.1) is 10.1 Å². The average molecular weight is 285 g/mol. The van der Waals surface area contributed by atoms with Crippen LogP contribution in [-0.4, -0.2) is 39.0 Å². The maximum atomic E-state index is 11.2. The maximum Gasteiger partial charge on any atom is 0.353 e. The lowest BCUT2D eigenvalue weighted by Crippen LogP contribution is -2.20. The van der Waals surface area contributed by atoms with Crippen molar-refractivity contribution in [3.05, 3.63) is 16.4 Å². The maximum absolute atomic E-state index is 11.2. The predicted octanol–water partition coefficient (Wildman–Crippen LogP) is 2.37. The molecule has 0 aliphatic carbocycles. The first-order valence-corrected chi connectivity index (χ1v) is 7.33. The third kappa shape index (κ3) is 4.55. The molecular weight excluding hydrogens is 266 g/mol. The first-order valence-electron chi connectivity index (χ1n) is 6.17. The van der Waals surface area contributed by atoms with Gasteiger partial charge in [-0.25, -0.2) is 9.97 Å². The van der Waals surface area contributed by atoms with E-state index in [4.69, 9.17) is 0 Å². The van der Waals surface area contributed by atoms with Crippen LogP contribution in [0.1, 0.15) is 20.8 Å². The Morgan fingerprint density at radius 2 is 2.11 bits per heavy atom. The minimum atomic E-state index is -0.458. The molecule has 1 aromatic heterocycles. The van der Waals surface area contributed by atoms with Gasteiger partial charge in [0, 0.05) is 18.3 Å². The highest BCUT2D eigenvalue weighted by Gasteiger charge is 2.23. The molecule has 1 rings (SSSR count). The summed E-state index contributed by atoms with van der Waals surface area (Å²) < 4.78 is 0. The lowest BCUT2D eigenvalue weighted by molar-refractivity contribution is -0.383. The Balaban J connectivity index is 2.93. The summed E-state index contributed by atoms with van der Waals surface area (Å²) in [6.07, 6.45) is 1.33. The number of thioether (sulfide) groups is 1. The monoisotopic (exact) mass is 285 g/mol. The lowest BCUT2D eigenvalue weighted by Gasteiger charge is -2.14. The second kappa shape index (κ2) is 7.78. The number of hydrogen-bond acceptors (Lipinski definition) is 7. The van der Waals surface area contributed by atoms with Crippen LogP contribution in [0.3, 0.4) is 0 Å². The predicted molar refractivity (Wildman–Crippen MR) is 78.9 cm³/mol. The summed E-state index contributed by atoms with van der Waals surface area (Å²) in [7, 11) is 0. The Morgan fingerprint density at radius 1 is 1.42 bits per heavy atom. The Bertz CT molecular complexity index is 430. The Hall–Kier alpha value is -1.57. The van der Waals surface area contributed by atoms with Gasteiger partial charge in [0.15, 0.2) is 0 Å². The van der Waals surface area contributed by atoms with Crippen LogP contribution >= 0.6 is 11.8 Å². The highest BCUT2D eigenvalue weighted by atomic mass is 32.2. The largest absolute Gasteiger partial charge is 0.364 e. The Kier molecular flexibility index (Phi) is 6.34. The van der Waals surface area contributed by atoms with Crippen molar-refractivity contribution in [2.24, 2.45) is 0 Å². The second-order valence-electron chi connectivity index (χ2n) is 3.91. The topological polar surface area (TPSA) is 93.0 Å². The molecule has 0 aromatic carbocycles. The molecule has 1 heterocycles. The summed E-state index contributed by atoms with van der Waals surface area (Å²) in [5.74, 6) is 2.40. The summed E-state index contributed by atoms with van der Waals surface area (Å²) >= 11 is 1.77. The molecule has 0 bridgehead atoms. The van der Waals surface area contributed by atoms with E-state index in [1.807, 2.05) is 13.8 Å². The van der Waals surface area contributed by atoms with Crippen molar-refractivity contribution >= 4 is 29.1 Å². The SMILES string of the molecule is CCNc1ncnc(NC(C)CSCC)c1[N+](=O)[O-]. The first kappa shape index (κ1) is 15.5.